The number of nitrogens with two attached hydrogens (primary N) is 1. The first-order chi connectivity index (χ1) is 15.9. The van der Waals surface area contributed by atoms with E-state index in [1.807, 2.05) is 57.1 Å². The lowest BCUT2D eigenvalue weighted by atomic mass is 9.89. The molecule has 1 aliphatic carbocycles. The molecule has 0 spiro atoms. The van der Waals surface area contributed by atoms with Gasteiger partial charge in [-0.1, -0.05) is 63.4 Å². The van der Waals surface area contributed by atoms with Gasteiger partial charge in [0.05, 0.1) is 5.52 Å². The molecule has 0 radical (unpaired) electrons. The first kappa shape index (κ1) is 26.6. The Kier molecular flexibility index (Phi) is 11.1. The number of hydrogen-bond donors (Lipinski definition) is 2. The van der Waals surface area contributed by atoms with Crippen molar-refractivity contribution in [3.8, 4) is 0 Å². The number of aryl methyl sites for hydroxylation is 2. The van der Waals surface area contributed by atoms with E-state index in [0.29, 0.717) is 5.95 Å². The second-order valence-corrected chi connectivity index (χ2v) is 8.87. The first-order valence-electron chi connectivity index (χ1n) is 12.4. The van der Waals surface area contributed by atoms with Gasteiger partial charge in [-0.25, -0.2) is 4.98 Å². The van der Waals surface area contributed by atoms with E-state index in [1.165, 1.54) is 55.3 Å². The van der Waals surface area contributed by atoms with E-state index in [2.05, 4.69) is 47.3 Å². The van der Waals surface area contributed by atoms with Crippen LogP contribution in [0.25, 0.3) is 10.9 Å². The van der Waals surface area contributed by atoms with E-state index < -0.39 is 0 Å². The summed E-state index contributed by atoms with van der Waals surface area (Å²) in [6, 6.07) is 14.6. The topological polar surface area (TPSA) is 67.1 Å². The van der Waals surface area contributed by atoms with E-state index >= 15 is 0 Å². The molecule has 1 saturated carbocycles. The molecule has 0 aliphatic heterocycles. The largest absolute Gasteiger partial charge is 0.368 e. The van der Waals surface area contributed by atoms with Gasteiger partial charge in [-0.05, 0) is 68.0 Å². The summed E-state index contributed by atoms with van der Waals surface area (Å²) >= 11 is 0. The van der Waals surface area contributed by atoms with Crippen LogP contribution in [0.3, 0.4) is 0 Å². The maximum Gasteiger partial charge on any atom is 0.222 e. The third-order valence-electron chi connectivity index (χ3n) is 6.08. The van der Waals surface area contributed by atoms with Crippen molar-refractivity contribution in [3.63, 3.8) is 0 Å². The normalized spacial score (nSPS) is 13.5. The Hall–Kier alpha value is -2.66. The lowest BCUT2D eigenvalue weighted by Gasteiger charge is -2.21. The number of nitrogen functional groups attached to an aromatic ring is 1. The molecule has 3 N–H and O–H groups in total. The van der Waals surface area contributed by atoms with Crippen molar-refractivity contribution in [2.45, 2.75) is 66.3 Å². The summed E-state index contributed by atoms with van der Waals surface area (Å²) in [5.41, 5.74) is 10.7. The van der Waals surface area contributed by atoms with Gasteiger partial charge in [0, 0.05) is 28.9 Å². The molecule has 1 aromatic heterocycles. The lowest BCUT2D eigenvalue weighted by molar-refractivity contribution is 0.342. The van der Waals surface area contributed by atoms with Gasteiger partial charge in [0.15, 0.2) is 0 Å². The minimum absolute atomic E-state index is 0. The molecule has 0 atom stereocenters. The van der Waals surface area contributed by atoms with Gasteiger partial charge in [0.2, 0.25) is 5.95 Å². The number of rotatable bonds is 5. The molecule has 4 rings (SSSR count). The van der Waals surface area contributed by atoms with E-state index in [1.54, 1.807) is 0 Å². The summed E-state index contributed by atoms with van der Waals surface area (Å²) in [5, 5.41) is 4.64. The van der Waals surface area contributed by atoms with Gasteiger partial charge in [0.25, 0.3) is 0 Å². The van der Waals surface area contributed by atoms with Crippen LogP contribution in [0.5, 0.6) is 0 Å². The minimum Gasteiger partial charge on any atom is -0.368 e. The second kappa shape index (κ2) is 13.8. The van der Waals surface area contributed by atoms with Crippen molar-refractivity contribution in [1.29, 1.82) is 0 Å². The Bertz CT molecular complexity index is 988. The van der Waals surface area contributed by atoms with Crippen LogP contribution >= 0.6 is 0 Å². The highest BCUT2D eigenvalue weighted by molar-refractivity contribution is 5.90. The van der Waals surface area contributed by atoms with Crippen LogP contribution in [0, 0.1) is 19.8 Å². The Labute approximate surface area is 203 Å². The average Bonchev–Trinajstić information content (AvgIpc) is 2.83. The second-order valence-electron chi connectivity index (χ2n) is 8.87. The summed E-state index contributed by atoms with van der Waals surface area (Å²) in [6.45, 7) is 10.6. The fourth-order valence-electron chi connectivity index (χ4n) is 4.14. The van der Waals surface area contributed by atoms with Gasteiger partial charge < -0.3 is 16.0 Å². The fourth-order valence-corrected chi connectivity index (χ4v) is 4.14. The smallest absolute Gasteiger partial charge is 0.222 e. The molecule has 1 heterocycles. The van der Waals surface area contributed by atoms with E-state index in [9.17, 15) is 0 Å². The Morgan fingerprint density at radius 3 is 2.33 bits per heavy atom. The van der Waals surface area contributed by atoms with Gasteiger partial charge in [-0.15, -0.1) is 0 Å². The predicted octanol–water partition coefficient (Wildman–Crippen LogP) is 6.77. The fraction of sp³-hybridized carbons (Fsp3) is 0.500. The molecule has 1 fully saturated rings. The molecule has 184 valence electrons. The first-order valence-corrected chi connectivity index (χ1v) is 12.4. The number of aromatic nitrogens is 2. The standard InChI is InChI=1S/C16H25N.C10H12N4.C2H6.2H2/c1-13-8-9-16(10-14(13)2)12-17-11-15-6-4-3-5-7-15;1-14(2)9-7-5-3-4-6-8(7)12-10(11)13-9;1-2;;/h8-10,15,17H,3-7,11-12H2,1-2H3;3-6H,1-2H3,(H2,11,12,13);1-2H3;2*1H. The predicted molar refractivity (Wildman–Crippen MR) is 148 cm³/mol. The Balaban J connectivity index is 0.000000593. The Morgan fingerprint density at radius 1 is 0.970 bits per heavy atom. The molecule has 2 aromatic carbocycles. The molecule has 1 aliphatic rings. The highest BCUT2D eigenvalue weighted by atomic mass is 15.2. The highest BCUT2D eigenvalue weighted by Gasteiger charge is 2.12. The van der Waals surface area contributed by atoms with Gasteiger partial charge in [0.1, 0.15) is 5.82 Å². The molecular weight excluding hydrogens is 406 g/mol. The molecular formula is C28H47N5. The molecule has 0 amide bonds. The summed E-state index contributed by atoms with van der Waals surface area (Å²) < 4.78 is 0. The monoisotopic (exact) mass is 453 g/mol. The maximum absolute atomic E-state index is 5.61. The van der Waals surface area contributed by atoms with Gasteiger partial charge >= 0.3 is 0 Å². The van der Waals surface area contributed by atoms with Crippen LogP contribution < -0.4 is 16.0 Å². The maximum atomic E-state index is 5.61. The van der Waals surface area contributed by atoms with Crippen molar-refractivity contribution < 1.29 is 2.85 Å². The number of anilines is 2. The van der Waals surface area contributed by atoms with Crippen molar-refractivity contribution in [2.75, 3.05) is 31.3 Å². The van der Waals surface area contributed by atoms with Crippen LogP contribution in [-0.2, 0) is 6.54 Å². The van der Waals surface area contributed by atoms with E-state index in [-0.39, 0.29) is 2.85 Å². The molecule has 0 saturated heterocycles. The molecule has 0 unspecified atom stereocenters. The van der Waals surface area contributed by atoms with E-state index in [0.717, 1.165) is 29.2 Å². The zero-order valence-corrected chi connectivity index (χ0v) is 21.5. The molecule has 5 nitrogen and oxygen atoms in total. The third kappa shape index (κ3) is 8.32. The number of fused-ring (bicyclic) bond motifs is 1. The minimum atomic E-state index is 0. The highest BCUT2D eigenvalue weighted by Crippen LogP contribution is 2.23. The lowest BCUT2D eigenvalue weighted by Crippen LogP contribution is -2.24. The number of nitrogens with one attached hydrogen (secondary N) is 1. The summed E-state index contributed by atoms with van der Waals surface area (Å²) in [4.78, 5) is 10.3. The van der Waals surface area contributed by atoms with Crippen molar-refractivity contribution in [2.24, 2.45) is 5.92 Å². The van der Waals surface area contributed by atoms with Crippen molar-refractivity contribution in [3.05, 3.63) is 59.2 Å². The molecule has 5 heteroatoms. The number of nitrogens with zero attached hydrogens (tertiary/aromatic N) is 3. The zero-order chi connectivity index (χ0) is 24.2. The number of hydrogen-bond acceptors (Lipinski definition) is 5. The quantitative estimate of drug-likeness (QED) is 0.446. The SMILES string of the molecule is CC.CN(C)c1nc(N)nc2ccccc12.Cc1ccc(CNCC2CCCCC2)cc1C.[HH].[HH]. The summed E-state index contributed by atoms with van der Waals surface area (Å²) in [5.74, 6) is 2.09. The number of para-hydroxylation sites is 1. The van der Waals surface area contributed by atoms with E-state index in [4.69, 9.17) is 5.73 Å². The van der Waals surface area contributed by atoms with Crippen LogP contribution in [0.15, 0.2) is 42.5 Å². The van der Waals surface area contributed by atoms with Crippen molar-refractivity contribution in [1.82, 2.24) is 15.3 Å². The van der Waals surface area contributed by atoms with Gasteiger partial charge in [-0.2, -0.15) is 4.98 Å². The third-order valence-corrected chi connectivity index (χ3v) is 6.08. The summed E-state index contributed by atoms with van der Waals surface area (Å²) in [6.07, 6.45) is 7.19. The van der Waals surface area contributed by atoms with Crippen LogP contribution in [0.4, 0.5) is 11.8 Å². The summed E-state index contributed by atoms with van der Waals surface area (Å²) in [7, 11) is 3.88. The van der Waals surface area contributed by atoms with Crippen LogP contribution in [0.1, 0.15) is 65.5 Å². The van der Waals surface area contributed by atoms with Crippen LogP contribution in [0.2, 0.25) is 0 Å². The Morgan fingerprint density at radius 2 is 1.67 bits per heavy atom. The van der Waals surface area contributed by atoms with Gasteiger partial charge in [-0.3, -0.25) is 0 Å². The average molecular weight is 454 g/mol. The van der Waals surface area contributed by atoms with Crippen molar-refractivity contribution >= 4 is 22.7 Å². The molecule has 3 aromatic rings. The molecule has 33 heavy (non-hydrogen) atoms. The zero-order valence-electron chi connectivity index (χ0n) is 21.5. The number of benzene rings is 2. The molecule has 0 bridgehead atoms. The van der Waals surface area contributed by atoms with Crippen LogP contribution in [-0.4, -0.2) is 30.6 Å².